The van der Waals surface area contributed by atoms with Gasteiger partial charge in [-0.05, 0) is 11.5 Å². The van der Waals surface area contributed by atoms with Crippen LogP contribution in [0.5, 0.6) is 0 Å². The molecule has 86 valence electrons. The van der Waals surface area contributed by atoms with Gasteiger partial charge in [0.25, 0.3) is 0 Å². The number of benzene rings is 2. The summed E-state index contributed by atoms with van der Waals surface area (Å²) in [4.78, 5) is 4.65. The summed E-state index contributed by atoms with van der Waals surface area (Å²) in [5.74, 6) is 0.795. The topological polar surface area (TPSA) is 26.0 Å². The van der Waals surface area contributed by atoms with Crippen molar-refractivity contribution in [2.75, 3.05) is 0 Å². The molecule has 0 radical (unpaired) electrons. The van der Waals surface area contributed by atoms with Crippen LogP contribution >= 0.6 is 0 Å². The molecule has 3 rings (SSSR count). The van der Waals surface area contributed by atoms with Crippen molar-refractivity contribution >= 4 is 21.9 Å². The molecule has 17 heavy (non-hydrogen) atoms. The monoisotopic (exact) mass is 225 g/mol. The lowest BCUT2D eigenvalue weighted by molar-refractivity contribution is 0.411. The van der Waals surface area contributed by atoms with E-state index in [0.29, 0.717) is 0 Å². The predicted octanol–water partition coefficient (Wildman–Crippen LogP) is 4.28. The summed E-state index contributed by atoms with van der Waals surface area (Å²) >= 11 is 0. The molecule has 0 saturated heterocycles. The molecule has 3 aromatic rings. The highest BCUT2D eigenvalue weighted by molar-refractivity contribution is 6.03. The van der Waals surface area contributed by atoms with Crippen molar-refractivity contribution in [2.45, 2.75) is 26.2 Å². The molecule has 2 nitrogen and oxygen atoms in total. The van der Waals surface area contributed by atoms with Gasteiger partial charge in [-0.2, -0.15) is 0 Å². The number of hydrogen-bond donors (Lipinski definition) is 0. The summed E-state index contributed by atoms with van der Waals surface area (Å²) in [5.41, 5.74) is 1.78. The Bertz CT molecular complexity index is 689. The van der Waals surface area contributed by atoms with Crippen molar-refractivity contribution in [3.63, 3.8) is 0 Å². The van der Waals surface area contributed by atoms with E-state index in [0.717, 1.165) is 22.4 Å². The lowest BCUT2D eigenvalue weighted by Gasteiger charge is -2.11. The molecule has 0 N–H and O–H groups in total. The first-order chi connectivity index (χ1) is 8.05. The van der Waals surface area contributed by atoms with Crippen LogP contribution in [0.4, 0.5) is 0 Å². The molecule has 0 amide bonds. The molecular weight excluding hydrogens is 210 g/mol. The Hall–Kier alpha value is -1.83. The summed E-state index contributed by atoms with van der Waals surface area (Å²) in [6.07, 6.45) is 0. The van der Waals surface area contributed by atoms with Gasteiger partial charge < -0.3 is 4.42 Å². The van der Waals surface area contributed by atoms with E-state index < -0.39 is 0 Å². The SMILES string of the molecule is CC(C)(C)c1nc2c(ccc3ccccc32)o1. The van der Waals surface area contributed by atoms with E-state index in [2.05, 4.69) is 44.0 Å². The second-order valence-electron chi connectivity index (χ2n) is 5.40. The normalized spacial score (nSPS) is 12.4. The average Bonchev–Trinajstić information content (AvgIpc) is 2.72. The highest BCUT2D eigenvalue weighted by atomic mass is 16.3. The number of rotatable bonds is 0. The first kappa shape index (κ1) is 10.3. The Labute approximate surface area is 100 Å². The maximum atomic E-state index is 5.83. The Morgan fingerprint density at radius 1 is 1.00 bits per heavy atom. The van der Waals surface area contributed by atoms with Crippen LogP contribution in [0, 0.1) is 0 Å². The fourth-order valence-electron chi connectivity index (χ4n) is 1.98. The molecule has 0 aliphatic heterocycles. The summed E-state index contributed by atoms with van der Waals surface area (Å²) < 4.78 is 5.83. The number of fused-ring (bicyclic) bond motifs is 3. The third-order valence-corrected chi connectivity index (χ3v) is 2.93. The summed E-state index contributed by atoms with van der Waals surface area (Å²) in [5, 5.41) is 2.36. The summed E-state index contributed by atoms with van der Waals surface area (Å²) in [6, 6.07) is 12.3. The standard InChI is InChI=1S/C15H15NO/c1-15(2,3)14-16-13-11-7-5-4-6-10(11)8-9-12(13)17-14/h4-9H,1-3H3. The quantitative estimate of drug-likeness (QED) is 0.570. The average molecular weight is 225 g/mol. The first-order valence-corrected chi connectivity index (χ1v) is 5.84. The van der Waals surface area contributed by atoms with Crippen molar-refractivity contribution in [1.82, 2.24) is 4.98 Å². The Morgan fingerprint density at radius 3 is 2.53 bits per heavy atom. The van der Waals surface area contributed by atoms with Gasteiger partial charge in [0.1, 0.15) is 5.52 Å². The van der Waals surface area contributed by atoms with Crippen molar-refractivity contribution in [3.8, 4) is 0 Å². The predicted molar refractivity (Wildman–Crippen MR) is 70.2 cm³/mol. The summed E-state index contributed by atoms with van der Waals surface area (Å²) in [7, 11) is 0. The van der Waals surface area contributed by atoms with Crippen LogP contribution in [0.15, 0.2) is 40.8 Å². The van der Waals surface area contributed by atoms with Gasteiger partial charge in [-0.25, -0.2) is 4.98 Å². The van der Waals surface area contributed by atoms with Gasteiger partial charge in [0, 0.05) is 10.8 Å². The number of hydrogen-bond acceptors (Lipinski definition) is 2. The van der Waals surface area contributed by atoms with E-state index in [1.165, 1.54) is 5.39 Å². The van der Waals surface area contributed by atoms with E-state index in [4.69, 9.17) is 4.42 Å². The fourth-order valence-corrected chi connectivity index (χ4v) is 1.98. The van der Waals surface area contributed by atoms with Gasteiger partial charge in [0.15, 0.2) is 5.58 Å². The van der Waals surface area contributed by atoms with Crippen molar-refractivity contribution in [2.24, 2.45) is 0 Å². The van der Waals surface area contributed by atoms with E-state index >= 15 is 0 Å². The van der Waals surface area contributed by atoms with Crippen LogP contribution in [0.2, 0.25) is 0 Å². The highest BCUT2D eigenvalue weighted by Crippen LogP contribution is 2.30. The summed E-state index contributed by atoms with van der Waals surface area (Å²) in [6.45, 7) is 6.33. The van der Waals surface area contributed by atoms with E-state index in [-0.39, 0.29) is 5.41 Å². The van der Waals surface area contributed by atoms with E-state index in [9.17, 15) is 0 Å². The number of oxazole rings is 1. The molecule has 0 unspecified atom stereocenters. The molecule has 0 aliphatic carbocycles. The smallest absolute Gasteiger partial charge is 0.200 e. The van der Waals surface area contributed by atoms with Crippen molar-refractivity contribution in [1.29, 1.82) is 0 Å². The molecule has 2 aromatic carbocycles. The first-order valence-electron chi connectivity index (χ1n) is 5.84. The number of nitrogens with zero attached hydrogens (tertiary/aromatic N) is 1. The lowest BCUT2D eigenvalue weighted by Crippen LogP contribution is -2.10. The molecule has 0 atom stereocenters. The van der Waals surface area contributed by atoms with Crippen LogP contribution in [0.1, 0.15) is 26.7 Å². The van der Waals surface area contributed by atoms with Crippen molar-refractivity contribution < 1.29 is 4.42 Å². The van der Waals surface area contributed by atoms with Gasteiger partial charge in [0.05, 0.1) is 0 Å². The van der Waals surface area contributed by atoms with E-state index in [1.54, 1.807) is 0 Å². The molecule has 1 heterocycles. The Kier molecular flexibility index (Phi) is 2.02. The molecule has 0 bridgehead atoms. The number of aromatic nitrogens is 1. The zero-order chi connectivity index (χ0) is 12.0. The second kappa shape index (κ2) is 3.33. The lowest BCUT2D eigenvalue weighted by atomic mass is 9.97. The van der Waals surface area contributed by atoms with Gasteiger partial charge in [-0.3, -0.25) is 0 Å². The highest BCUT2D eigenvalue weighted by Gasteiger charge is 2.21. The Morgan fingerprint density at radius 2 is 1.76 bits per heavy atom. The van der Waals surface area contributed by atoms with Crippen LogP contribution in [-0.4, -0.2) is 4.98 Å². The molecule has 0 fully saturated rings. The molecule has 0 aliphatic rings. The Balaban J connectivity index is 2.39. The second-order valence-corrected chi connectivity index (χ2v) is 5.40. The molecular formula is C15H15NO. The van der Waals surface area contributed by atoms with Gasteiger partial charge in [-0.1, -0.05) is 51.1 Å². The molecule has 1 aromatic heterocycles. The zero-order valence-corrected chi connectivity index (χ0v) is 10.3. The van der Waals surface area contributed by atoms with Gasteiger partial charge >= 0.3 is 0 Å². The minimum atomic E-state index is -0.0554. The van der Waals surface area contributed by atoms with Gasteiger partial charge in [0.2, 0.25) is 5.89 Å². The fraction of sp³-hybridized carbons (Fsp3) is 0.267. The molecule has 2 heteroatoms. The van der Waals surface area contributed by atoms with Crippen LogP contribution in [-0.2, 0) is 5.41 Å². The maximum absolute atomic E-state index is 5.83. The molecule has 0 spiro atoms. The van der Waals surface area contributed by atoms with Crippen LogP contribution < -0.4 is 0 Å². The van der Waals surface area contributed by atoms with Crippen LogP contribution in [0.25, 0.3) is 21.9 Å². The third kappa shape index (κ3) is 1.60. The van der Waals surface area contributed by atoms with Crippen LogP contribution in [0.3, 0.4) is 0 Å². The third-order valence-electron chi connectivity index (χ3n) is 2.93. The van der Waals surface area contributed by atoms with Crippen molar-refractivity contribution in [3.05, 3.63) is 42.3 Å². The van der Waals surface area contributed by atoms with Gasteiger partial charge in [-0.15, -0.1) is 0 Å². The molecule has 0 saturated carbocycles. The minimum Gasteiger partial charge on any atom is -0.440 e. The van der Waals surface area contributed by atoms with E-state index in [1.807, 2.05) is 18.2 Å². The minimum absolute atomic E-state index is 0.0554. The zero-order valence-electron chi connectivity index (χ0n) is 10.3. The largest absolute Gasteiger partial charge is 0.440 e. The maximum Gasteiger partial charge on any atom is 0.200 e.